The summed E-state index contributed by atoms with van der Waals surface area (Å²) in [5, 5.41) is 10.2. The van der Waals surface area contributed by atoms with Crippen LogP contribution in [-0.2, 0) is 0 Å². The van der Waals surface area contributed by atoms with Crippen LogP contribution >= 0.6 is 0 Å². The summed E-state index contributed by atoms with van der Waals surface area (Å²) in [5.74, 6) is -2.44. The molecule has 1 saturated heterocycles. The van der Waals surface area contributed by atoms with E-state index in [-0.39, 0.29) is 17.7 Å². The average molecular weight is 338 g/mol. The van der Waals surface area contributed by atoms with Crippen LogP contribution in [0.15, 0.2) is 36.4 Å². The van der Waals surface area contributed by atoms with Crippen LogP contribution in [0.1, 0.15) is 36.1 Å². The van der Waals surface area contributed by atoms with E-state index in [1.165, 1.54) is 0 Å². The van der Waals surface area contributed by atoms with Crippen LogP contribution in [0.25, 0.3) is 0 Å². The predicted molar refractivity (Wildman–Crippen MR) is 80.7 cm³/mol. The Morgan fingerprint density at radius 1 is 1.00 bits per heavy atom. The van der Waals surface area contributed by atoms with Gasteiger partial charge in [0, 0.05) is 30.3 Å². The lowest BCUT2D eigenvalue weighted by atomic mass is 10.0. The molecule has 1 N–H and O–H groups in total. The first-order chi connectivity index (χ1) is 11.5. The zero-order chi connectivity index (χ0) is 17.3. The highest BCUT2D eigenvalue weighted by Crippen LogP contribution is 2.37. The van der Waals surface area contributed by atoms with Crippen molar-refractivity contribution in [1.82, 2.24) is 4.90 Å². The third kappa shape index (κ3) is 3.44. The normalized spacial score (nSPS) is 19.6. The highest BCUT2D eigenvalue weighted by atomic mass is 19.1. The van der Waals surface area contributed by atoms with Crippen LogP contribution in [-0.4, -0.2) is 16.6 Å². The summed E-state index contributed by atoms with van der Waals surface area (Å²) >= 11 is 0. The van der Waals surface area contributed by atoms with Gasteiger partial charge in [-0.15, -0.1) is 0 Å². The van der Waals surface area contributed by atoms with Crippen molar-refractivity contribution in [3.63, 3.8) is 0 Å². The standard InChI is InChI=1S/C18H16F4NO/c19-11-3-5-15(21)13(8-11)17-2-1-7-23(17)10-18(24)14-9-12(20)4-6-16(14)22/h3-9,17-18,24H,1-2,10H2/t17-,18?/m1/s1. The minimum Gasteiger partial charge on any atom is -0.387 e. The highest BCUT2D eigenvalue weighted by Gasteiger charge is 2.31. The number of β-amino-alcohol motifs (C(OH)–C–C–N with tert-alkyl or cyclic N) is 1. The smallest absolute Gasteiger partial charge is 0.129 e. The lowest BCUT2D eigenvalue weighted by Gasteiger charge is -2.27. The molecule has 2 nitrogen and oxygen atoms in total. The summed E-state index contributed by atoms with van der Waals surface area (Å²) in [6, 6.07) is 5.63. The SMILES string of the molecule is OC(CN1[CH]CC[C@@H]1c1cc(F)ccc1F)c1cc(F)ccc1F. The molecule has 0 bridgehead atoms. The molecule has 6 heteroatoms. The zero-order valence-electron chi connectivity index (χ0n) is 12.7. The number of hydrogen-bond acceptors (Lipinski definition) is 2. The van der Waals surface area contributed by atoms with Gasteiger partial charge in [0.25, 0.3) is 0 Å². The lowest BCUT2D eigenvalue weighted by Crippen LogP contribution is -2.27. The van der Waals surface area contributed by atoms with Gasteiger partial charge < -0.3 is 5.11 Å². The minimum absolute atomic E-state index is 0.0407. The minimum atomic E-state index is -1.28. The fraction of sp³-hybridized carbons (Fsp3) is 0.278. The molecule has 1 heterocycles. The van der Waals surface area contributed by atoms with Gasteiger partial charge in [-0.05, 0) is 49.2 Å². The Kier molecular flexibility index (Phi) is 4.87. The number of benzene rings is 2. The molecule has 1 radical (unpaired) electrons. The molecule has 2 aromatic rings. The van der Waals surface area contributed by atoms with Gasteiger partial charge in [-0.2, -0.15) is 0 Å². The highest BCUT2D eigenvalue weighted by molar-refractivity contribution is 5.25. The molecule has 0 aromatic heterocycles. The van der Waals surface area contributed by atoms with Crippen LogP contribution < -0.4 is 0 Å². The number of hydrogen-bond donors (Lipinski definition) is 1. The molecule has 0 amide bonds. The van der Waals surface area contributed by atoms with Crippen molar-refractivity contribution in [1.29, 1.82) is 0 Å². The first-order valence-corrected chi connectivity index (χ1v) is 7.62. The molecule has 127 valence electrons. The molecule has 1 aliphatic heterocycles. The van der Waals surface area contributed by atoms with Crippen LogP contribution in [0.3, 0.4) is 0 Å². The van der Waals surface area contributed by atoms with E-state index in [2.05, 4.69) is 0 Å². The molecule has 0 saturated carbocycles. The van der Waals surface area contributed by atoms with Gasteiger partial charge in [-0.3, -0.25) is 4.90 Å². The molecule has 2 aromatic carbocycles. The molecule has 24 heavy (non-hydrogen) atoms. The van der Waals surface area contributed by atoms with E-state index < -0.39 is 35.4 Å². The average Bonchev–Trinajstić information content (AvgIpc) is 3.00. The summed E-state index contributed by atoms with van der Waals surface area (Å²) in [6.45, 7) is 1.72. The Morgan fingerprint density at radius 3 is 2.42 bits per heavy atom. The quantitative estimate of drug-likeness (QED) is 0.842. The molecule has 1 fully saturated rings. The summed E-state index contributed by atoms with van der Waals surface area (Å²) in [4.78, 5) is 1.65. The van der Waals surface area contributed by atoms with Crippen molar-refractivity contribution in [2.75, 3.05) is 6.54 Å². The maximum absolute atomic E-state index is 14.0. The topological polar surface area (TPSA) is 23.5 Å². The van der Waals surface area contributed by atoms with Gasteiger partial charge >= 0.3 is 0 Å². The van der Waals surface area contributed by atoms with Crippen molar-refractivity contribution >= 4 is 0 Å². The number of aliphatic hydroxyl groups is 1. The van der Waals surface area contributed by atoms with Gasteiger partial charge in [0.15, 0.2) is 0 Å². The van der Waals surface area contributed by atoms with E-state index in [1.807, 2.05) is 0 Å². The Balaban J connectivity index is 1.81. The van der Waals surface area contributed by atoms with Crippen molar-refractivity contribution in [3.05, 3.63) is 77.3 Å². The Bertz CT molecular complexity index is 737. The second kappa shape index (κ2) is 6.91. The summed E-state index contributed by atoms with van der Waals surface area (Å²) < 4.78 is 54.4. The number of rotatable bonds is 4. The fourth-order valence-corrected chi connectivity index (χ4v) is 3.07. The molecular weight excluding hydrogens is 322 g/mol. The third-order valence-electron chi connectivity index (χ3n) is 4.22. The van der Waals surface area contributed by atoms with Crippen molar-refractivity contribution in [2.24, 2.45) is 0 Å². The Morgan fingerprint density at radius 2 is 1.67 bits per heavy atom. The molecule has 0 aliphatic carbocycles. The molecular formula is C18H16F4NO. The monoisotopic (exact) mass is 338 g/mol. The van der Waals surface area contributed by atoms with E-state index in [4.69, 9.17) is 0 Å². The van der Waals surface area contributed by atoms with E-state index in [0.29, 0.717) is 12.8 Å². The predicted octanol–water partition coefficient (Wildman–Crippen LogP) is 4.28. The van der Waals surface area contributed by atoms with Gasteiger partial charge in [0.2, 0.25) is 0 Å². The van der Waals surface area contributed by atoms with E-state index in [0.717, 1.165) is 36.4 Å². The maximum atomic E-state index is 14.0. The van der Waals surface area contributed by atoms with Crippen LogP contribution in [0.2, 0.25) is 0 Å². The lowest BCUT2D eigenvalue weighted by molar-refractivity contribution is 0.113. The van der Waals surface area contributed by atoms with Gasteiger partial charge in [0.05, 0.1) is 6.10 Å². The summed E-state index contributed by atoms with van der Waals surface area (Å²) in [6.07, 6.45) is -0.105. The first-order valence-electron chi connectivity index (χ1n) is 7.62. The van der Waals surface area contributed by atoms with Crippen LogP contribution in [0.4, 0.5) is 17.6 Å². The largest absolute Gasteiger partial charge is 0.387 e. The van der Waals surface area contributed by atoms with E-state index in [1.54, 1.807) is 11.4 Å². The second-order valence-corrected chi connectivity index (χ2v) is 5.82. The van der Waals surface area contributed by atoms with Crippen molar-refractivity contribution in [3.8, 4) is 0 Å². The number of halogens is 4. The number of likely N-dealkylation sites (tertiary alicyclic amines) is 1. The molecule has 2 atom stereocenters. The van der Waals surface area contributed by atoms with Crippen LogP contribution in [0, 0.1) is 29.8 Å². The molecule has 1 unspecified atom stereocenters. The zero-order valence-corrected chi connectivity index (χ0v) is 12.7. The van der Waals surface area contributed by atoms with Crippen molar-refractivity contribution < 1.29 is 22.7 Å². The Labute approximate surface area is 137 Å². The number of nitrogens with zero attached hydrogens (tertiary/aromatic N) is 1. The maximum Gasteiger partial charge on any atom is 0.129 e. The van der Waals surface area contributed by atoms with Gasteiger partial charge in [-0.1, -0.05) is 0 Å². The van der Waals surface area contributed by atoms with Crippen molar-refractivity contribution in [2.45, 2.75) is 25.0 Å². The second-order valence-electron chi connectivity index (χ2n) is 5.82. The molecule has 1 aliphatic rings. The van der Waals surface area contributed by atoms with Gasteiger partial charge in [0.1, 0.15) is 23.3 Å². The molecule has 0 spiro atoms. The van der Waals surface area contributed by atoms with E-state index >= 15 is 0 Å². The first kappa shape index (κ1) is 16.9. The molecule has 3 rings (SSSR count). The Hall–Kier alpha value is -1.92. The summed E-state index contributed by atoms with van der Waals surface area (Å²) in [7, 11) is 0. The third-order valence-corrected chi connectivity index (χ3v) is 4.22. The summed E-state index contributed by atoms with van der Waals surface area (Å²) in [5.41, 5.74) is 0.0319. The fourth-order valence-electron chi connectivity index (χ4n) is 3.07. The van der Waals surface area contributed by atoms with Gasteiger partial charge in [-0.25, -0.2) is 17.6 Å². The van der Waals surface area contributed by atoms with Crippen LogP contribution in [0.5, 0.6) is 0 Å². The van der Waals surface area contributed by atoms with E-state index in [9.17, 15) is 22.7 Å². The number of aliphatic hydroxyl groups excluding tert-OH is 1.